The largest absolute Gasteiger partial charge is 0.355 e. The second-order valence-electron chi connectivity index (χ2n) is 6.37. The minimum absolute atomic E-state index is 0.0908. The molecule has 0 unspecified atom stereocenters. The molecule has 0 saturated carbocycles. The van der Waals surface area contributed by atoms with Crippen LogP contribution in [0.5, 0.6) is 0 Å². The highest BCUT2D eigenvalue weighted by atomic mass is 32.2. The van der Waals surface area contributed by atoms with Crippen LogP contribution in [-0.4, -0.2) is 55.0 Å². The fraction of sp³-hybridized carbons (Fsp3) is 0.667. The van der Waals surface area contributed by atoms with Crippen molar-refractivity contribution in [3.05, 3.63) is 24.0 Å². The summed E-state index contributed by atoms with van der Waals surface area (Å²) < 4.78 is 25.5. The van der Waals surface area contributed by atoms with Crippen molar-refractivity contribution in [2.45, 2.75) is 32.1 Å². The van der Waals surface area contributed by atoms with Crippen molar-refractivity contribution in [2.75, 3.05) is 26.4 Å². The maximum Gasteiger partial charge on any atom is 0.193 e. The van der Waals surface area contributed by atoms with Gasteiger partial charge in [-0.25, -0.2) is 8.42 Å². The molecule has 0 aromatic carbocycles. The van der Waals surface area contributed by atoms with Gasteiger partial charge in [0.25, 0.3) is 0 Å². The van der Waals surface area contributed by atoms with Crippen molar-refractivity contribution in [2.24, 2.45) is 12.0 Å². The van der Waals surface area contributed by atoms with Gasteiger partial charge in [-0.05, 0) is 32.9 Å². The summed E-state index contributed by atoms with van der Waals surface area (Å²) in [5.41, 5.74) is 1.16. The van der Waals surface area contributed by atoms with Gasteiger partial charge in [0.1, 0.15) is 0 Å². The molecule has 1 aromatic rings. The molecular weight excluding hydrogens is 300 g/mol. The first-order chi connectivity index (χ1) is 10.1. The highest BCUT2D eigenvalue weighted by Gasteiger charge is 2.28. The fourth-order valence-corrected chi connectivity index (χ4v) is 2.95. The number of aromatic nitrogens is 1. The van der Waals surface area contributed by atoms with Crippen LogP contribution < -0.4 is 5.32 Å². The lowest BCUT2D eigenvalue weighted by molar-refractivity contribution is 0.463. The molecule has 1 aromatic heterocycles. The van der Waals surface area contributed by atoms with Crippen molar-refractivity contribution in [1.29, 1.82) is 0 Å². The molecule has 0 aliphatic heterocycles. The summed E-state index contributed by atoms with van der Waals surface area (Å²) >= 11 is 0. The Labute approximate surface area is 134 Å². The van der Waals surface area contributed by atoms with Gasteiger partial charge in [-0.2, -0.15) is 0 Å². The van der Waals surface area contributed by atoms with Crippen LogP contribution >= 0.6 is 0 Å². The third kappa shape index (κ3) is 4.76. The van der Waals surface area contributed by atoms with Crippen molar-refractivity contribution >= 4 is 15.8 Å². The number of hydrogen-bond donors (Lipinski definition) is 1. The number of nitrogens with zero attached hydrogens (tertiary/aromatic N) is 3. The molecule has 0 bridgehead atoms. The van der Waals surface area contributed by atoms with Crippen LogP contribution in [0.15, 0.2) is 23.3 Å². The van der Waals surface area contributed by atoms with Gasteiger partial charge in [0.05, 0.1) is 17.0 Å². The normalized spacial score (nSPS) is 13.3. The maximum atomic E-state index is 12.1. The van der Waals surface area contributed by atoms with E-state index in [1.807, 2.05) is 41.9 Å². The average molecular weight is 328 g/mol. The molecule has 0 amide bonds. The van der Waals surface area contributed by atoms with Crippen LogP contribution in [-0.2, 0) is 23.4 Å². The smallest absolute Gasteiger partial charge is 0.193 e. The van der Waals surface area contributed by atoms with Gasteiger partial charge in [0.15, 0.2) is 15.8 Å². The number of hydrogen-bond acceptors (Lipinski definition) is 3. The molecule has 0 spiro atoms. The summed E-state index contributed by atoms with van der Waals surface area (Å²) in [6, 6.07) is 4.04. The van der Waals surface area contributed by atoms with Crippen LogP contribution in [0.2, 0.25) is 0 Å². The summed E-state index contributed by atoms with van der Waals surface area (Å²) in [7, 11) is 2.50. The van der Waals surface area contributed by atoms with E-state index in [1.165, 1.54) is 0 Å². The second-order valence-corrected chi connectivity index (χ2v) is 9.23. The highest BCUT2D eigenvalue weighted by Crippen LogP contribution is 2.15. The zero-order valence-corrected chi connectivity index (χ0v) is 15.2. The number of sulfone groups is 1. The lowest BCUT2D eigenvalue weighted by Crippen LogP contribution is -2.42. The monoisotopic (exact) mass is 328 g/mol. The fourth-order valence-electron chi connectivity index (χ4n) is 1.97. The van der Waals surface area contributed by atoms with E-state index >= 15 is 0 Å². The Balaban J connectivity index is 2.58. The standard InChI is InChI=1S/C15H28N4O2S/c1-15(2,3)22(20,21)11-9-17-14(16-4)19(6)12-13-8-7-10-18(13)5/h7-8,10H,9,11-12H2,1-6H3,(H,16,17). The van der Waals surface area contributed by atoms with E-state index in [2.05, 4.69) is 10.3 Å². The summed E-state index contributed by atoms with van der Waals surface area (Å²) in [6.07, 6.45) is 2.00. The Morgan fingerprint density at radius 2 is 2.05 bits per heavy atom. The van der Waals surface area contributed by atoms with Crippen LogP contribution in [0.4, 0.5) is 0 Å². The predicted octanol–water partition coefficient (Wildman–Crippen LogP) is 1.25. The minimum atomic E-state index is -3.12. The third-order valence-electron chi connectivity index (χ3n) is 3.61. The zero-order chi connectivity index (χ0) is 17.0. The molecule has 126 valence electrons. The highest BCUT2D eigenvalue weighted by molar-refractivity contribution is 7.92. The van der Waals surface area contributed by atoms with E-state index < -0.39 is 14.6 Å². The topological polar surface area (TPSA) is 66.7 Å². The van der Waals surface area contributed by atoms with Crippen LogP contribution in [0.1, 0.15) is 26.5 Å². The second kappa shape index (κ2) is 7.17. The Kier molecular flexibility index (Phi) is 6.05. The molecule has 22 heavy (non-hydrogen) atoms. The van der Waals surface area contributed by atoms with Gasteiger partial charge in [0.2, 0.25) is 0 Å². The van der Waals surface area contributed by atoms with E-state index in [4.69, 9.17) is 0 Å². The lowest BCUT2D eigenvalue weighted by atomic mass is 10.3. The van der Waals surface area contributed by atoms with Gasteiger partial charge in [-0.15, -0.1) is 0 Å². The first-order valence-electron chi connectivity index (χ1n) is 7.33. The molecule has 0 atom stereocenters. The molecular formula is C15H28N4O2S. The molecule has 0 aliphatic rings. The van der Waals surface area contributed by atoms with E-state index in [0.29, 0.717) is 19.0 Å². The van der Waals surface area contributed by atoms with E-state index in [1.54, 1.807) is 27.8 Å². The Morgan fingerprint density at radius 3 is 2.50 bits per heavy atom. The summed E-state index contributed by atoms with van der Waals surface area (Å²) in [6.45, 7) is 6.22. The first kappa shape index (κ1) is 18.5. The Bertz CT molecular complexity index is 612. The summed E-state index contributed by atoms with van der Waals surface area (Å²) in [5.74, 6) is 0.776. The van der Waals surface area contributed by atoms with E-state index in [0.717, 1.165) is 5.69 Å². The Morgan fingerprint density at radius 1 is 1.41 bits per heavy atom. The van der Waals surface area contributed by atoms with Crippen molar-refractivity contribution in [3.8, 4) is 0 Å². The van der Waals surface area contributed by atoms with Gasteiger partial charge < -0.3 is 14.8 Å². The Hall–Kier alpha value is -1.50. The van der Waals surface area contributed by atoms with Gasteiger partial charge in [0, 0.05) is 39.6 Å². The molecule has 0 saturated heterocycles. The molecule has 1 heterocycles. The average Bonchev–Trinajstić information content (AvgIpc) is 2.78. The third-order valence-corrected chi connectivity index (χ3v) is 6.22. The van der Waals surface area contributed by atoms with Crippen molar-refractivity contribution in [1.82, 2.24) is 14.8 Å². The quantitative estimate of drug-likeness (QED) is 0.652. The van der Waals surface area contributed by atoms with Crippen molar-refractivity contribution < 1.29 is 8.42 Å². The lowest BCUT2D eigenvalue weighted by Gasteiger charge is -2.24. The molecule has 0 radical (unpaired) electrons. The number of aliphatic imine (C=N–C) groups is 1. The minimum Gasteiger partial charge on any atom is -0.355 e. The van der Waals surface area contributed by atoms with E-state index in [9.17, 15) is 8.42 Å². The summed E-state index contributed by atoms with van der Waals surface area (Å²) in [5, 5.41) is 3.12. The first-order valence-corrected chi connectivity index (χ1v) is 8.98. The predicted molar refractivity (Wildman–Crippen MR) is 91.8 cm³/mol. The van der Waals surface area contributed by atoms with Crippen LogP contribution in [0.25, 0.3) is 0 Å². The van der Waals surface area contributed by atoms with Crippen molar-refractivity contribution in [3.63, 3.8) is 0 Å². The molecule has 6 nitrogen and oxygen atoms in total. The van der Waals surface area contributed by atoms with Crippen LogP contribution in [0.3, 0.4) is 0 Å². The molecule has 0 aliphatic carbocycles. The van der Waals surface area contributed by atoms with Gasteiger partial charge >= 0.3 is 0 Å². The molecule has 7 heteroatoms. The SMILES string of the molecule is CN=C(NCCS(=O)(=O)C(C)(C)C)N(C)Cc1cccn1C. The summed E-state index contributed by atoms with van der Waals surface area (Å²) in [4.78, 5) is 6.18. The van der Waals surface area contributed by atoms with Gasteiger partial charge in [-0.3, -0.25) is 4.99 Å². The number of guanidine groups is 1. The molecule has 1 rings (SSSR count). The number of nitrogens with one attached hydrogen (secondary N) is 1. The number of aryl methyl sites for hydroxylation is 1. The molecule has 1 N–H and O–H groups in total. The van der Waals surface area contributed by atoms with E-state index in [-0.39, 0.29) is 5.75 Å². The van der Waals surface area contributed by atoms with Crippen LogP contribution in [0, 0.1) is 0 Å². The zero-order valence-electron chi connectivity index (χ0n) is 14.4. The number of rotatable bonds is 5. The van der Waals surface area contributed by atoms with Gasteiger partial charge in [-0.1, -0.05) is 0 Å². The maximum absolute atomic E-state index is 12.1. The molecule has 0 fully saturated rings.